The molecule has 3 amide bonds. The lowest BCUT2D eigenvalue weighted by Gasteiger charge is -2.31. The minimum atomic E-state index is -1.10. The lowest BCUT2D eigenvalue weighted by atomic mass is 9.93. The number of carbonyl (C=O) groups is 4. The SMILES string of the molecule is CCOc1cc(CNC(=O)C(Cc2c[nH]c3ccccc23)C(=O)CN2CC(=O)NC(C)C2=O)cc(OCC)c1OCC. The van der Waals surface area contributed by atoms with Crippen molar-refractivity contribution >= 4 is 34.4 Å². The van der Waals surface area contributed by atoms with Gasteiger partial charge in [-0.2, -0.15) is 0 Å². The van der Waals surface area contributed by atoms with Crippen molar-refractivity contribution in [2.75, 3.05) is 32.9 Å². The molecule has 2 atom stereocenters. The molecule has 0 aliphatic carbocycles. The van der Waals surface area contributed by atoms with Crippen LogP contribution in [0.3, 0.4) is 0 Å². The van der Waals surface area contributed by atoms with Crippen LogP contribution in [0, 0.1) is 5.92 Å². The van der Waals surface area contributed by atoms with E-state index in [1.165, 1.54) is 4.90 Å². The zero-order valence-corrected chi connectivity index (χ0v) is 24.5. The fraction of sp³-hybridized carbons (Fsp3) is 0.419. The average Bonchev–Trinajstić information content (AvgIpc) is 3.37. The Kier molecular flexibility index (Phi) is 10.1. The Morgan fingerprint density at radius 1 is 1.02 bits per heavy atom. The van der Waals surface area contributed by atoms with Gasteiger partial charge in [-0.05, 0) is 63.4 Å². The number of hydrogen-bond acceptors (Lipinski definition) is 7. The van der Waals surface area contributed by atoms with E-state index in [-0.39, 0.29) is 37.9 Å². The number of para-hydroxylation sites is 1. The van der Waals surface area contributed by atoms with Gasteiger partial charge in [-0.1, -0.05) is 18.2 Å². The van der Waals surface area contributed by atoms with Crippen LogP contribution < -0.4 is 24.8 Å². The number of aromatic nitrogens is 1. The van der Waals surface area contributed by atoms with Crippen molar-refractivity contribution in [1.29, 1.82) is 0 Å². The topological polar surface area (TPSA) is 139 Å². The maximum atomic E-state index is 13.7. The average molecular weight is 579 g/mol. The minimum Gasteiger partial charge on any atom is -0.490 e. The Morgan fingerprint density at radius 2 is 1.69 bits per heavy atom. The summed E-state index contributed by atoms with van der Waals surface area (Å²) in [6.07, 6.45) is 1.91. The number of carbonyl (C=O) groups excluding carboxylic acids is 4. The lowest BCUT2D eigenvalue weighted by molar-refractivity contribution is -0.147. The highest BCUT2D eigenvalue weighted by Gasteiger charge is 2.35. The Hall–Kier alpha value is -4.54. The first-order chi connectivity index (χ1) is 20.2. The Morgan fingerprint density at radius 3 is 2.36 bits per heavy atom. The van der Waals surface area contributed by atoms with Crippen molar-refractivity contribution in [1.82, 2.24) is 20.5 Å². The second-order valence-electron chi connectivity index (χ2n) is 10.0. The van der Waals surface area contributed by atoms with E-state index in [1.54, 1.807) is 25.3 Å². The molecule has 3 N–H and O–H groups in total. The van der Waals surface area contributed by atoms with Crippen molar-refractivity contribution in [2.24, 2.45) is 5.92 Å². The van der Waals surface area contributed by atoms with Gasteiger partial charge in [-0.3, -0.25) is 19.2 Å². The molecule has 0 saturated carbocycles. The Labute approximate surface area is 244 Å². The third kappa shape index (κ3) is 7.02. The number of ether oxygens (including phenoxy) is 3. The van der Waals surface area contributed by atoms with Crippen LogP contribution in [0.4, 0.5) is 0 Å². The number of nitrogens with zero attached hydrogens (tertiary/aromatic N) is 1. The van der Waals surface area contributed by atoms with Crippen LogP contribution in [0.1, 0.15) is 38.8 Å². The van der Waals surface area contributed by atoms with Gasteiger partial charge in [0.05, 0.1) is 26.4 Å². The van der Waals surface area contributed by atoms with E-state index < -0.39 is 23.7 Å². The van der Waals surface area contributed by atoms with Crippen molar-refractivity contribution in [3.8, 4) is 17.2 Å². The monoisotopic (exact) mass is 578 g/mol. The maximum Gasteiger partial charge on any atom is 0.245 e. The van der Waals surface area contributed by atoms with Gasteiger partial charge in [-0.15, -0.1) is 0 Å². The predicted molar refractivity (Wildman–Crippen MR) is 156 cm³/mol. The van der Waals surface area contributed by atoms with Gasteiger partial charge in [-0.25, -0.2) is 0 Å². The van der Waals surface area contributed by atoms with E-state index in [4.69, 9.17) is 14.2 Å². The molecule has 11 heteroatoms. The lowest BCUT2D eigenvalue weighted by Crippen LogP contribution is -2.58. The molecular weight excluding hydrogens is 540 g/mol. The van der Waals surface area contributed by atoms with Gasteiger partial charge in [0.15, 0.2) is 17.3 Å². The molecule has 2 aromatic carbocycles. The number of ketones is 1. The van der Waals surface area contributed by atoms with Crippen LogP contribution in [0.5, 0.6) is 17.2 Å². The van der Waals surface area contributed by atoms with E-state index >= 15 is 0 Å². The molecule has 0 radical (unpaired) electrons. The van der Waals surface area contributed by atoms with Crippen LogP contribution in [0.2, 0.25) is 0 Å². The van der Waals surface area contributed by atoms with E-state index in [0.717, 1.165) is 16.5 Å². The Balaban J connectivity index is 1.58. The van der Waals surface area contributed by atoms with Crippen molar-refractivity contribution in [3.05, 3.63) is 53.7 Å². The molecule has 0 spiro atoms. The third-order valence-corrected chi connectivity index (χ3v) is 6.98. The van der Waals surface area contributed by atoms with E-state index in [9.17, 15) is 19.2 Å². The highest BCUT2D eigenvalue weighted by atomic mass is 16.5. The summed E-state index contributed by atoms with van der Waals surface area (Å²) in [6.45, 7) is 7.94. The summed E-state index contributed by atoms with van der Waals surface area (Å²) in [5, 5.41) is 6.36. The van der Waals surface area contributed by atoms with Crippen LogP contribution in [0.15, 0.2) is 42.6 Å². The number of rotatable bonds is 14. The number of piperazine rings is 1. The molecule has 1 fully saturated rings. The molecule has 1 saturated heterocycles. The molecule has 2 unspecified atom stereocenters. The van der Waals surface area contributed by atoms with Crippen molar-refractivity contribution in [2.45, 2.75) is 46.7 Å². The van der Waals surface area contributed by atoms with Crippen LogP contribution in [-0.2, 0) is 32.1 Å². The quantitative estimate of drug-likeness (QED) is 0.250. The van der Waals surface area contributed by atoms with Crippen molar-refractivity contribution < 1.29 is 33.4 Å². The van der Waals surface area contributed by atoms with E-state index in [0.29, 0.717) is 42.6 Å². The molecule has 42 heavy (non-hydrogen) atoms. The molecular formula is C31H38N4O7. The largest absolute Gasteiger partial charge is 0.490 e. The smallest absolute Gasteiger partial charge is 0.245 e. The van der Waals surface area contributed by atoms with E-state index in [2.05, 4.69) is 15.6 Å². The first-order valence-corrected chi connectivity index (χ1v) is 14.2. The number of benzene rings is 2. The van der Waals surface area contributed by atoms with E-state index in [1.807, 2.05) is 45.0 Å². The van der Waals surface area contributed by atoms with Gasteiger partial charge < -0.3 is 34.7 Å². The van der Waals surface area contributed by atoms with Gasteiger partial charge >= 0.3 is 0 Å². The second-order valence-corrected chi connectivity index (χ2v) is 10.0. The second kappa shape index (κ2) is 13.9. The summed E-state index contributed by atoms with van der Waals surface area (Å²) in [5.41, 5.74) is 2.39. The van der Waals surface area contributed by atoms with Crippen LogP contribution in [-0.4, -0.2) is 72.3 Å². The summed E-state index contributed by atoms with van der Waals surface area (Å²) in [7, 11) is 0. The molecule has 4 rings (SSSR count). The normalized spacial score (nSPS) is 15.7. The first-order valence-electron chi connectivity index (χ1n) is 14.2. The molecule has 1 aliphatic rings. The highest BCUT2D eigenvalue weighted by molar-refractivity contribution is 6.05. The molecule has 11 nitrogen and oxygen atoms in total. The Bertz CT molecular complexity index is 1420. The number of Topliss-reactive ketones (excluding diaryl/α,β-unsaturated/α-hetero) is 1. The molecule has 3 aromatic rings. The van der Waals surface area contributed by atoms with Gasteiger partial charge in [0.2, 0.25) is 23.5 Å². The third-order valence-electron chi connectivity index (χ3n) is 6.98. The summed E-state index contributed by atoms with van der Waals surface area (Å²) in [5.74, 6) is -1.27. The fourth-order valence-corrected chi connectivity index (χ4v) is 5.04. The van der Waals surface area contributed by atoms with Gasteiger partial charge in [0, 0.05) is 23.6 Å². The number of fused-ring (bicyclic) bond motifs is 1. The molecule has 1 aliphatic heterocycles. The zero-order chi connectivity index (χ0) is 30.2. The minimum absolute atomic E-state index is 0.102. The fourth-order valence-electron chi connectivity index (χ4n) is 5.04. The van der Waals surface area contributed by atoms with Crippen LogP contribution >= 0.6 is 0 Å². The number of aromatic amines is 1. The first kappa shape index (κ1) is 30.4. The summed E-state index contributed by atoms with van der Waals surface area (Å²) in [4.78, 5) is 56.4. The van der Waals surface area contributed by atoms with Crippen LogP contribution in [0.25, 0.3) is 10.9 Å². The molecule has 224 valence electrons. The molecule has 2 heterocycles. The highest BCUT2D eigenvalue weighted by Crippen LogP contribution is 2.39. The zero-order valence-electron chi connectivity index (χ0n) is 24.5. The number of H-pyrrole nitrogens is 1. The number of nitrogens with one attached hydrogen (secondary N) is 3. The standard InChI is InChI=1S/C31H38N4O7/c1-5-40-26-12-20(13-27(41-6-2)29(26)42-7-3)15-33-30(38)23(14-21-16-32-24-11-9-8-10-22(21)24)25(36)17-35-18-28(37)34-19(4)31(35)39/h8-13,16,19,23,32H,5-7,14-15,17-18H2,1-4H3,(H,33,38)(H,34,37). The van der Waals surface area contributed by atoms with Gasteiger partial charge in [0.25, 0.3) is 0 Å². The molecule has 1 aromatic heterocycles. The summed E-state index contributed by atoms with van der Waals surface area (Å²) in [6, 6.07) is 10.4. The summed E-state index contributed by atoms with van der Waals surface area (Å²) < 4.78 is 17.3. The summed E-state index contributed by atoms with van der Waals surface area (Å²) >= 11 is 0. The van der Waals surface area contributed by atoms with Crippen molar-refractivity contribution in [3.63, 3.8) is 0 Å². The number of amides is 3. The predicted octanol–water partition coefficient (Wildman–Crippen LogP) is 2.76. The number of hydrogen-bond donors (Lipinski definition) is 3. The maximum absolute atomic E-state index is 13.7. The van der Waals surface area contributed by atoms with Gasteiger partial charge in [0.1, 0.15) is 18.5 Å². The molecule has 0 bridgehead atoms.